The van der Waals surface area contributed by atoms with Crippen LogP contribution in [-0.4, -0.2) is 29.0 Å². The van der Waals surface area contributed by atoms with Crippen molar-refractivity contribution < 1.29 is 19.4 Å². The van der Waals surface area contributed by atoms with Gasteiger partial charge < -0.3 is 9.84 Å². The number of thiocarbonyl (C=S) groups is 1. The number of ether oxygens (including phenoxy) is 1. The second kappa shape index (κ2) is 7.04. The molecule has 0 aliphatic heterocycles. The molecule has 0 aromatic rings. The van der Waals surface area contributed by atoms with Crippen LogP contribution in [0.2, 0.25) is 0 Å². The normalized spacial score (nSPS) is 43.1. The van der Waals surface area contributed by atoms with Gasteiger partial charge in [0.25, 0.3) is 0 Å². The number of rotatable bonds is 4. The number of carboxylic acids is 1. The van der Waals surface area contributed by atoms with Crippen LogP contribution in [0.15, 0.2) is 23.8 Å². The van der Waals surface area contributed by atoms with Gasteiger partial charge in [-0.3, -0.25) is 9.59 Å². The molecule has 0 aromatic heterocycles. The SMILES string of the molecule is COC(=S)C1(CCC(=O)O)CC[C@H]2[C@@H]3CCC4=CC(=O)C=C[C@]4(C)[C@H]3CC[C@@]21C. The van der Waals surface area contributed by atoms with Crippen LogP contribution in [0.1, 0.15) is 65.2 Å². The molecular formula is C24H32O4S. The summed E-state index contributed by atoms with van der Waals surface area (Å²) in [5.74, 6) is 1.00. The molecule has 0 aromatic carbocycles. The van der Waals surface area contributed by atoms with Crippen LogP contribution in [0.3, 0.4) is 0 Å². The predicted molar refractivity (Wildman–Crippen MR) is 116 cm³/mol. The van der Waals surface area contributed by atoms with Crippen molar-refractivity contribution >= 4 is 29.0 Å². The van der Waals surface area contributed by atoms with Crippen molar-refractivity contribution in [2.24, 2.45) is 34.0 Å². The fraction of sp³-hybridized carbons (Fsp3) is 0.708. The van der Waals surface area contributed by atoms with Gasteiger partial charge in [0.15, 0.2) is 10.8 Å². The molecule has 0 bridgehead atoms. The van der Waals surface area contributed by atoms with E-state index in [1.165, 1.54) is 5.57 Å². The van der Waals surface area contributed by atoms with E-state index in [0.29, 0.717) is 29.2 Å². The molecule has 1 N–H and O–H groups in total. The van der Waals surface area contributed by atoms with Crippen molar-refractivity contribution in [1.29, 1.82) is 0 Å². The summed E-state index contributed by atoms with van der Waals surface area (Å²) in [4.78, 5) is 23.3. The largest absolute Gasteiger partial charge is 0.490 e. The minimum Gasteiger partial charge on any atom is -0.490 e. The van der Waals surface area contributed by atoms with Gasteiger partial charge in [0.2, 0.25) is 0 Å². The molecule has 3 fully saturated rings. The number of carboxylic acid groups (broad SMARTS) is 1. The molecule has 4 aliphatic carbocycles. The molecule has 6 atom stereocenters. The molecule has 5 heteroatoms. The highest BCUT2D eigenvalue weighted by atomic mass is 32.1. The first kappa shape index (κ1) is 20.8. The molecule has 0 saturated heterocycles. The van der Waals surface area contributed by atoms with E-state index in [1.807, 2.05) is 6.08 Å². The first-order valence-corrected chi connectivity index (χ1v) is 11.3. The van der Waals surface area contributed by atoms with Gasteiger partial charge in [-0.1, -0.05) is 25.5 Å². The average molecular weight is 417 g/mol. The Balaban J connectivity index is 1.68. The number of hydrogen-bond acceptors (Lipinski definition) is 4. The van der Waals surface area contributed by atoms with Crippen molar-refractivity contribution in [2.45, 2.75) is 65.2 Å². The van der Waals surface area contributed by atoms with Crippen LogP contribution in [-0.2, 0) is 14.3 Å². The lowest BCUT2D eigenvalue weighted by Crippen LogP contribution is -2.54. The fourth-order valence-corrected chi connectivity index (χ4v) is 8.13. The van der Waals surface area contributed by atoms with Crippen LogP contribution in [0.25, 0.3) is 0 Å². The van der Waals surface area contributed by atoms with Gasteiger partial charge in [-0.25, -0.2) is 0 Å². The van der Waals surface area contributed by atoms with Crippen LogP contribution < -0.4 is 0 Å². The molecule has 1 unspecified atom stereocenters. The predicted octanol–water partition coefficient (Wildman–Crippen LogP) is 5.12. The lowest BCUT2D eigenvalue weighted by molar-refractivity contribution is -0.138. The number of methoxy groups -OCH3 is 1. The Morgan fingerprint density at radius 2 is 1.97 bits per heavy atom. The number of ketones is 1. The van der Waals surface area contributed by atoms with E-state index in [-0.39, 0.29) is 28.4 Å². The zero-order valence-electron chi connectivity index (χ0n) is 17.7. The Kier molecular flexibility index (Phi) is 5.04. The van der Waals surface area contributed by atoms with E-state index in [0.717, 1.165) is 38.5 Å². The quantitative estimate of drug-likeness (QED) is 0.645. The third kappa shape index (κ3) is 2.87. The van der Waals surface area contributed by atoms with Crippen LogP contribution in [0.5, 0.6) is 0 Å². The maximum Gasteiger partial charge on any atom is 0.303 e. The van der Waals surface area contributed by atoms with Gasteiger partial charge in [-0.05, 0) is 92.5 Å². The number of carbonyl (C=O) groups is 2. The van der Waals surface area contributed by atoms with Gasteiger partial charge in [0.05, 0.1) is 7.11 Å². The molecule has 4 aliphatic rings. The number of fused-ring (bicyclic) bond motifs is 5. The average Bonchev–Trinajstić information content (AvgIpc) is 2.99. The summed E-state index contributed by atoms with van der Waals surface area (Å²) in [5.41, 5.74) is 0.923. The molecule has 0 spiro atoms. The number of hydrogen-bond donors (Lipinski definition) is 1. The third-order valence-electron chi connectivity index (χ3n) is 9.26. The number of aliphatic carboxylic acids is 1. The Morgan fingerprint density at radius 1 is 1.24 bits per heavy atom. The van der Waals surface area contributed by atoms with Gasteiger partial charge >= 0.3 is 5.97 Å². The molecule has 3 saturated carbocycles. The highest BCUT2D eigenvalue weighted by Gasteiger charge is 2.65. The van der Waals surface area contributed by atoms with Crippen molar-refractivity contribution in [2.75, 3.05) is 7.11 Å². The Morgan fingerprint density at radius 3 is 2.66 bits per heavy atom. The zero-order chi connectivity index (χ0) is 21.0. The summed E-state index contributed by atoms with van der Waals surface area (Å²) >= 11 is 5.72. The van der Waals surface area contributed by atoms with E-state index in [2.05, 4.69) is 19.9 Å². The highest BCUT2D eigenvalue weighted by Crippen LogP contribution is 2.70. The fourth-order valence-electron chi connectivity index (χ4n) is 7.70. The summed E-state index contributed by atoms with van der Waals surface area (Å²) in [6, 6.07) is 0. The lowest BCUT2D eigenvalue weighted by atomic mass is 9.45. The second-order valence-electron chi connectivity index (χ2n) is 10.1. The summed E-state index contributed by atoms with van der Waals surface area (Å²) < 4.78 is 5.62. The monoisotopic (exact) mass is 416 g/mol. The van der Waals surface area contributed by atoms with E-state index in [4.69, 9.17) is 17.0 Å². The topological polar surface area (TPSA) is 63.6 Å². The third-order valence-corrected chi connectivity index (χ3v) is 9.82. The molecular weight excluding hydrogens is 384 g/mol. The summed E-state index contributed by atoms with van der Waals surface area (Å²) in [6.45, 7) is 4.66. The molecule has 0 heterocycles. The standard InChI is InChI=1S/C24H32O4S/c1-22-10-6-16(25)14-15(22)4-5-17-18(22)7-11-23(2)19(17)8-12-24(23,21(29)28-3)13-9-20(26)27/h6,10,14,17-19H,4-5,7-9,11-13H2,1-3H3,(H,26,27)/t17-,18+,19+,22+,23+,24?/m1/s1. The van der Waals surface area contributed by atoms with Crippen molar-refractivity contribution in [3.63, 3.8) is 0 Å². The van der Waals surface area contributed by atoms with Crippen LogP contribution in [0, 0.1) is 34.0 Å². The highest BCUT2D eigenvalue weighted by molar-refractivity contribution is 7.80. The number of allylic oxidation sites excluding steroid dienone is 4. The minimum atomic E-state index is -0.763. The maximum absolute atomic E-state index is 11.9. The minimum absolute atomic E-state index is 0.0216. The van der Waals surface area contributed by atoms with Gasteiger partial charge in [0.1, 0.15) is 0 Å². The lowest BCUT2D eigenvalue weighted by Gasteiger charge is -2.59. The zero-order valence-corrected chi connectivity index (χ0v) is 18.5. The van der Waals surface area contributed by atoms with E-state index < -0.39 is 5.97 Å². The molecule has 0 amide bonds. The van der Waals surface area contributed by atoms with Crippen molar-refractivity contribution in [3.8, 4) is 0 Å². The molecule has 4 rings (SSSR count). The van der Waals surface area contributed by atoms with E-state index in [9.17, 15) is 14.7 Å². The molecule has 158 valence electrons. The summed E-state index contributed by atoms with van der Waals surface area (Å²) in [6.07, 6.45) is 12.7. The summed E-state index contributed by atoms with van der Waals surface area (Å²) in [5, 5.41) is 9.97. The summed E-state index contributed by atoms with van der Waals surface area (Å²) in [7, 11) is 1.63. The van der Waals surface area contributed by atoms with Crippen LogP contribution >= 0.6 is 12.2 Å². The first-order chi connectivity index (χ1) is 13.7. The number of carbonyl (C=O) groups excluding carboxylic acids is 1. The van der Waals surface area contributed by atoms with Gasteiger partial charge in [-0.2, -0.15) is 0 Å². The van der Waals surface area contributed by atoms with E-state index in [1.54, 1.807) is 13.2 Å². The Hall–Kier alpha value is -1.49. The Labute approximate surface area is 178 Å². The Bertz CT molecular complexity index is 814. The van der Waals surface area contributed by atoms with Gasteiger partial charge in [0, 0.05) is 17.3 Å². The van der Waals surface area contributed by atoms with E-state index >= 15 is 0 Å². The van der Waals surface area contributed by atoms with Gasteiger partial charge in [-0.15, -0.1) is 0 Å². The molecule has 0 radical (unpaired) electrons. The second-order valence-corrected chi connectivity index (χ2v) is 10.4. The van der Waals surface area contributed by atoms with Crippen LogP contribution in [0.4, 0.5) is 0 Å². The smallest absolute Gasteiger partial charge is 0.303 e. The van der Waals surface area contributed by atoms with Crippen molar-refractivity contribution in [1.82, 2.24) is 0 Å². The maximum atomic E-state index is 11.9. The molecule has 4 nitrogen and oxygen atoms in total. The van der Waals surface area contributed by atoms with Crippen molar-refractivity contribution in [3.05, 3.63) is 23.8 Å². The molecule has 29 heavy (non-hydrogen) atoms. The first-order valence-electron chi connectivity index (χ1n) is 10.9.